The summed E-state index contributed by atoms with van der Waals surface area (Å²) < 4.78 is 10.8. The van der Waals surface area contributed by atoms with Crippen molar-refractivity contribution >= 4 is 11.9 Å². The van der Waals surface area contributed by atoms with Crippen LogP contribution >= 0.6 is 0 Å². The topological polar surface area (TPSA) is 89.5 Å². The van der Waals surface area contributed by atoms with Gasteiger partial charge >= 0.3 is 6.01 Å². The number of piperidine rings is 1. The van der Waals surface area contributed by atoms with Gasteiger partial charge in [-0.05, 0) is 38.3 Å². The third-order valence-electron chi connectivity index (χ3n) is 4.32. The van der Waals surface area contributed by atoms with Crippen molar-refractivity contribution in [1.29, 1.82) is 0 Å². The predicted molar refractivity (Wildman–Crippen MR) is 101 cm³/mol. The van der Waals surface area contributed by atoms with Crippen LogP contribution in [0.15, 0.2) is 30.3 Å². The molecule has 144 valence electrons. The van der Waals surface area contributed by atoms with E-state index in [9.17, 15) is 4.79 Å². The molecule has 0 saturated carbocycles. The van der Waals surface area contributed by atoms with Gasteiger partial charge in [-0.15, -0.1) is 0 Å². The number of para-hydroxylation sites is 1. The number of ether oxygens (including phenoxy) is 2. The molecule has 1 aliphatic rings. The van der Waals surface area contributed by atoms with E-state index in [2.05, 4.69) is 25.2 Å². The first kappa shape index (κ1) is 18.9. The van der Waals surface area contributed by atoms with Gasteiger partial charge in [-0.1, -0.05) is 18.2 Å². The van der Waals surface area contributed by atoms with Gasteiger partial charge in [0.1, 0.15) is 5.75 Å². The fourth-order valence-corrected chi connectivity index (χ4v) is 2.86. The number of carbonyl (C=O) groups excluding carboxylic acids is 1. The molecule has 1 aromatic heterocycles. The number of benzene rings is 1. The summed E-state index contributed by atoms with van der Waals surface area (Å²) in [6.45, 7) is 3.72. The maximum Gasteiger partial charge on any atom is 0.321 e. The molecule has 1 unspecified atom stereocenters. The van der Waals surface area contributed by atoms with Crippen molar-refractivity contribution < 1.29 is 14.3 Å². The Kier molecular flexibility index (Phi) is 6.40. The molecular weight excluding hydrogens is 346 g/mol. The lowest BCUT2D eigenvalue weighted by atomic mass is 10.1. The van der Waals surface area contributed by atoms with E-state index in [0.717, 1.165) is 25.9 Å². The quantitative estimate of drug-likeness (QED) is 0.796. The Hall–Kier alpha value is -2.90. The van der Waals surface area contributed by atoms with Crippen LogP contribution in [0.2, 0.25) is 0 Å². The molecule has 1 aliphatic heterocycles. The number of nitrogens with zero attached hydrogens (tertiary/aromatic N) is 4. The second kappa shape index (κ2) is 9.16. The minimum absolute atomic E-state index is 0.182. The number of nitrogens with one attached hydrogen (secondary N) is 1. The van der Waals surface area contributed by atoms with E-state index in [0.29, 0.717) is 17.5 Å². The molecule has 8 nitrogen and oxygen atoms in total. The van der Waals surface area contributed by atoms with E-state index in [1.165, 1.54) is 13.5 Å². The molecule has 1 atom stereocenters. The number of hydrogen-bond donors (Lipinski definition) is 1. The lowest BCUT2D eigenvalue weighted by Crippen LogP contribution is -2.36. The molecule has 1 fully saturated rings. The zero-order valence-electron chi connectivity index (χ0n) is 15.7. The van der Waals surface area contributed by atoms with Crippen LogP contribution in [0.1, 0.15) is 32.0 Å². The van der Waals surface area contributed by atoms with Gasteiger partial charge in [0.25, 0.3) is 5.91 Å². The highest BCUT2D eigenvalue weighted by Gasteiger charge is 2.18. The van der Waals surface area contributed by atoms with Crippen LogP contribution < -0.4 is 19.7 Å². The molecule has 3 rings (SSSR count). The minimum atomic E-state index is -0.627. The Morgan fingerprint density at radius 1 is 1.15 bits per heavy atom. The lowest BCUT2D eigenvalue weighted by Gasteiger charge is -2.26. The van der Waals surface area contributed by atoms with Gasteiger partial charge in [-0.3, -0.25) is 4.79 Å². The van der Waals surface area contributed by atoms with Gasteiger partial charge in [-0.2, -0.15) is 15.0 Å². The standard InChI is InChI=1S/C19H25N5O3/c1-14(27-15-9-5-3-6-10-15)17(25)20-13-16-21-18(23-19(22-16)26-2)24-11-7-4-8-12-24/h3,5-6,9-10,14H,4,7-8,11-13H2,1-2H3,(H,20,25). The maximum absolute atomic E-state index is 12.3. The molecule has 1 amide bonds. The van der Waals surface area contributed by atoms with Crippen molar-refractivity contribution in [2.75, 3.05) is 25.1 Å². The molecule has 0 radical (unpaired) electrons. The van der Waals surface area contributed by atoms with Crippen LogP contribution in [0.5, 0.6) is 11.8 Å². The first-order valence-electron chi connectivity index (χ1n) is 9.19. The summed E-state index contributed by atoms with van der Waals surface area (Å²) in [5.74, 6) is 1.47. The van der Waals surface area contributed by atoms with Crippen molar-refractivity contribution in [1.82, 2.24) is 20.3 Å². The number of rotatable bonds is 7. The molecule has 1 saturated heterocycles. The third-order valence-corrected chi connectivity index (χ3v) is 4.32. The SMILES string of the molecule is COc1nc(CNC(=O)C(C)Oc2ccccc2)nc(N2CCCCC2)n1. The summed E-state index contributed by atoms with van der Waals surface area (Å²) in [5, 5.41) is 2.81. The van der Waals surface area contributed by atoms with Crippen LogP contribution in [-0.2, 0) is 11.3 Å². The summed E-state index contributed by atoms with van der Waals surface area (Å²) in [6.07, 6.45) is 2.83. The number of carbonyl (C=O) groups is 1. The van der Waals surface area contributed by atoms with E-state index in [1.54, 1.807) is 6.92 Å². The normalized spacial score (nSPS) is 15.1. The summed E-state index contributed by atoms with van der Waals surface area (Å²) in [6, 6.07) is 9.49. The number of amides is 1. The van der Waals surface area contributed by atoms with Crippen molar-refractivity contribution in [3.8, 4) is 11.8 Å². The van der Waals surface area contributed by atoms with E-state index in [4.69, 9.17) is 9.47 Å². The number of hydrogen-bond acceptors (Lipinski definition) is 7. The summed E-state index contributed by atoms with van der Waals surface area (Å²) >= 11 is 0. The number of methoxy groups -OCH3 is 1. The highest BCUT2D eigenvalue weighted by Crippen LogP contribution is 2.17. The largest absolute Gasteiger partial charge is 0.481 e. The molecule has 27 heavy (non-hydrogen) atoms. The van der Waals surface area contributed by atoms with Crippen LogP contribution in [0.4, 0.5) is 5.95 Å². The van der Waals surface area contributed by atoms with Gasteiger partial charge in [0.05, 0.1) is 13.7 Å². The van der Waals surface area contributed by atoms with E-state index < -0.39 is 6.10 Å². The monoisotopic (exact) mass is 371 g/mol. The van der Waals surface area contributed by atoms with Gasteiger partial charge in [0.2, 0.25) is 5.95 Å². The number of anilines is 1. The minimum Gasteiger partial charge on any atom is -0.481 e. The number of aromatic nitrogens is 3. The molecular formula is C19H25N5O3. The Bertz CT molecular complexity index is 750. The Morgan fingerprint density at radius 3 is 2.59 bits per heavy atom. The molecule has 0 spiro atoms. The van der Waals surface area contributed by atoms with Gasteiger partial charge < -0.3 is 19.7 Å². The molecule has 8 heteroatoms. The van der Waals surface area contributed by atoms with Crippen molar-refractivity contribution in [2.45, 2.75) is 38.8 Å². The second-order valence-electron chi connectivity index (χ2n) is 6.38. The van der Waals surface area contributed by atoms with E-state index >= 15 is 0 Å². The predicted octanol–water partition coefficient (Wildman–Crippen LogP) is 1.95. The molecule has 2 heterocycles. The zero-order valence-corrected chi connectivity index (χ0v) is 15.7. The maximum atomic E-state index is 12.3. The summed E-state index contributed by atoms with van der Waals surface area (Å²) in [7, 11) is 1.52. The Labute approximate surface area is 158 Å². The first-order valence-corrected chi connectivity index (χ1v) is 9.19. The summed E-state index contributed by atoms with van der Waals surface area (Å²) in [4.78, 5) is 27.5. The highest BCUT2D eigenvalue weighted by atomic mass is 16.5. The zero-order chi connectivity index (χ0) is 19.1. The van der Waals surface area contributed by atoms with E-state index in [1.807, 2.05) is 30.3 Å². The van der Waals surface area contributed by atoms with Gasteiger partial charge in [-0.25, -0.2) is 0 Å². The van der Waals surface area contributed by atoms with E-state index in [-0.39, 0.29) is 18.5 Å². The molecule has 0 bridgehead atoms. The average Bonchev–Trinajstić information content (AvgIpc) is 2.73. The Morgan fingerprint density at radius 2 is 1.89 bits per heavy atom. The molecule has 2 aromatic rings. The smallest absolute Gasteiger partial charge is 0.321 e. The third kappa shape index (κ3) is 5.29. The lowest BCUT2D eigenvalue weighted by molar-refractivity contribution is -0.127. The average molecular weight is 371 g/mol. The fraction of sp³-hybridized carbons (Fsp3) is 0.474. The summed E-state index contributed by atoms with van der Waals surface area (Å²) in [5.41, 5.74) is 0. The fourth-order valence-electron chi connectivity index (χ4n) is 2.86. The molecule has 1 aromatic carbocycles. The van der Waals surface area contributed by atoms with Gasteiger partial charge in [0, 0.05) is 13.1 Å². The second-order valence-corrected chi connectivity index (χ2v) is 6.38. The van der Waals surface area contributed by atoms with Crippen molar-refractivity contribution in [2.24, 2.45) is 0 Å². The van der Waals surface area contributed by atoms with Crippen molar-refractivity contribution in [3.05, 3.63) is 36.2 Å². The molecule has 1 N–H and O–H groups in total. The van der Waals surface area contributed by atoms with Crippen LogP contribution in [0, 0.1) is 0 Å². The van der Waals surface area contributed by atoms with Crippen LogP contribution in [0.25, 0.3) is 0 Å². The van der Waals surface area contributed by atoms with Gasteiger partial charge in [0.15, 0.2) is 11.9 Å². The molecule has 0 aliphatic carbocycles. The van der Waals surface area contributed by atoms with Crippen LogP contribution in [0.3, 0.4) is 0 Å². The Balaban J connectivity index is 1.61. The highest BCUT2D eigenvalue weighted by molar-refractivity contribution is 5.80. The first-order chi connectivity index (χ1) is 13.2. The van der Waals surface area contributed by atoms with Crippen molar-refractivity contribution in [3.63, 3.8) is 0 Å². The van der Waals surface area contributed by atoms with Crippen LogP contribution in [-0.4, -0.2) is 47.2 Å².